The Hall–Kier alpha value is -4.00. The van der Waals surface area contributed by atoms with Crippen LogP contribution in [-0.2, 0) is 6.54 Å². The minimum atomic E-state index is -0.370. The van der Waals surface area contributed by atoms with Crippen molar-refractivity contribution in [3.05, 3.63) is 99.5 Å². The number of hydrogen-bond acceptors (Lipinski definition) is 4. The normalized spacial score (nSPS) is 11.4. The Balaban J connectivity index is 1.70. The molecule has 0 saturated heterocycles. The molecule has 5 aromatic rings. The molecule has 0 radical (unpaired) electrons. The SMILES string of the molecule is Cc1oc(-c2ccccc2)nc1Cn1c(=O)cc(C)c2c(C)nn(-c3cccc(F)c3)c21. The number of pyridine rings is 1. The Labute approximate surface area is 183 Å². The number of nitrogens with zero attached hydrogens (tertiary/aromatic N) is 4. The number of halogens is 1. The second kappa shape index (κ2) is 7.60. The van der Waals surface area contributed by atoms with Gasteiger partial charge in [-0.25, -0.2) is 14.1 Å². The maximum Gasteiger partial charge on any atom is 0.252 e. The molecule has 2 aromatic carbocycles. The van der Waals surface area contributed by atoms with Crippen molar-refractivity contribution < 1.29 is 8.81 Å². The van der Waals surface area contributed by atoms with Crippen molar-refractivity contribution in [3.8, 4) is 17.1 Å². The number of fused-ring (bicyclic) bond motifs is 1. The number of oxazole rings is 1. The van der Waals surface area contributed by atoms with Gasteiger partial charge in [0.05, 0.1) is 17.9 Å². The topological polar surface area (TPSA) is 65.8 Å². The van der Waals surface area contributed by atoms with E-state index in [1.54, 1.807) is 27.4 Å². The highest BCUT2D eigenvalue weighted by Crippen LogP contribution is 2.26. The predicted molar refractivity (Wildman–Crippen MR) is 121 cm³/mol. The highest BCUT2D eigenvalue weighted by molar-refractivity contribution is 5.83. The molecule has 3 heterocycles. The van der Waals surface area contributed by atoms with Gasteiger partial charge in [0.15, 0.2) is 0 Å². The van der Waals surface area contributed by atoms with E-state index in [9.17, 15) is 9.18 Å². The van der Waals surface area contributed by atoms with Crippen LogP contribution >= 0.6 is 0 Å². The molecule has 0 atom stereocenters. The Bertz CT molecular complexity index is 1510. The summed E-state index contributed by atoms with van der Waals surface area (Å²) >= 11 is 0. The Morgan fingerprint density at radius 3 is 2.53 bits per heavy atom. The third-order valence-electron chi connectivity index (χ3n) is 5.57. The largest absolute Gasteiger partial charge is 0.441 e. The van der Waals surface area contributed by atoms with Crippen LogP contribution < -0.4 is 5.56 Å². The van der Waals surface area contributed by atoms with Crippen molar-refractivity contribution in [1.82, 2.24) is 19.3 Å². The molecule has 3 aromatic heterocycles. The van der Waals surface area contributed by atoms with Crippen LogP contribution in [0, 0.1) is 26.6 Å². The maximum atomic E-state index is 14.0. The zero-order chi connectivity index (χ0) is 22.4. The Morgan fingerprint density at radius 1 is 1.00 bits per heavy atom. The molecule has 0 N–H and O–H groups in total. The number of aromatic nitrogens is 4. The van der Waals surface area contributed by atoms with Gasteiger partial charge in [0.25, 0.3) is 5.56 Å². The molecule has 0 saturated carbocycles. The summed E-state index contributed by atoms with van der Waals surface area (Å²) in [4.78, 5) is 17.7. The van der Waals surface area contributed by atoms with E-state index in [0.29, 0.717) is 28.7 Å². The summed E-state index contributed by atoms with van der Waals surface area (Å²) < 4.78 is 23.1. The van der Waals surface area contributed by atoms with Gasteiger partial charge in [0.1, 0.15) is 22.9 Å². The highest BCUT2D eigenvalue weighted by atomic mass is 19.1. The first-order valence-corrected chi connectivity index (χ1v) is 10.3. The van der Waals surface area contributed by atoms with Crippen LogP contribution in [0.15, 0.2) is 69.9 Å². The van der Waals surface area contributed by atoms with E-state index in [4.69, 9.17) is 4.42 Å². The quantitative estimate of drug-likeness (QED) is 0.406. The van der Waals surface area contributed by atoms with Crippen LogP contribution in [0.3, 0.4) is 0 Å². The van der Waals surface area contributed by atoms with Crippen molar-refractivity contribution in [3.63, 3.8) is 0 Å². The lowest BCUT2D eigenvalue weighted by molar-refractivity contribution is 0.537. The maximum absolute atomic E-state index is 14.0. The van der Waals surface area contributed by atoms with Crippen LogP contribution in [-0.4, -0.2) is 19.3 Å². The number of rotatable bonds is 4. The third kappa shape index (κ3) is 3.32. The first-order chi connectivity index (χ1) is 15.4. The lowest BCUT2D eigenvalue weighted by atomic mass is 10.1. The summed E-state index contributed by atoms with van der Waals surface area (Å²) in [7, 11) is 0. The van der Waals surface area contributed by atoms with Crippen molar-refractivity contribution in [2.45, 2.75) is 27.3 Å². The standard InChI is InChI=1S/C25H21FN4O2/c1-15-12-22(31)29(14-21-17(3)32-24(27-21)18-8-5-4-6-9-18)25-23(15)16(2)28-30(25)20-11-7-10-19(26)13-20/h4-13H,14H2,1-3H3. The average molecular weight is 428 g/mol. The molecule has 32 heavy (non-hydrogen) atoms. The molecule has 6 nitrogen and oxygen atoms in total. The molecule has 0 unspecified atom stereocenters. The predicted octanol–water partition coefficient (Wildman–Crippen LogP) is 4.95. The van der Waals surface area contributed by atoms with Gasteiger partial charge in [0.2, 0.25) is 5.89 Å². The molecule has 0 aliphatic heterocycles. The molecular formula is C25H21FN4O2. The average Bonchev–Trinajstić information content (AvgIpc) is 3.32. The molecule has 160 valence electrons. The summed E-state index contributed by atoms with van der Waals surface area (Å²) in [5.41, 5.74) is 4.06. The van der Waals surface area contributed by atoms with Crippen LogP contribution in [0.25, 0.3) is 28.2 Å². The van der Waals surface area contributed by atoms with E-state index >= 15 is 0 Å². The number of hydrogen-bond donors (Lipinski definition) is 0. The summed E-state index contributed by atoms with van der Waals surface area (Å²) in [6, 6.07) is 17.4. The second-order valence-electron chi connectivity index (χ2n) is 7.82. The first kappa shape index (κ1) is 19.9. The molecule has 0 spiro atoms. The lowest BCUT2D eigenvalue weighted by Crippen LogP contribution is -2.23. The minimum absolute atomic E-state index is 0.184. The molecular weight excluding hydrogens is 407 g/mol. The summed E-state index contributed by atoms with van der Waals surface area (Å²) in [6.45, 7) is 5.81. The van der Waals surface area contributed by atoms with Crippen LogP contribution in [0.2, 0.25) is 0 Å². The first-order valence-electron chi connectivity index (χ1n) is 10.3. The molecule has 7 heteroatoms. The van der Waals surface area contributed by atoms with E-state index in [0.717, 1.165) is 22.2 Å². The zero-order valence-electron chi connectivity index (χ0n) is 18.0. The number of benzene rings is 2. The van der Waals surface area contributed by atoms with Crippen LogP contribution in [0.1, 0.15) is 22.7 Å². The van der Waals surface area contributed by atoms with E-state index in [-0.39, 0.29) is 17.9 Å². The van der Waals surface area contributed by atoms with Crippen molar-refractivity contribution >= 4 is 11.0 Å². The fourth-order valence-electron chi connectivity index (χ4n) is 4.04. The van der Waals surface area contributed by atoms with E-state index in [1.807, 2.05) is 51.1 Å². The highest BCUT2D eigenvalue weighted by Gasteiger charge is 2.20. The molecule has 0 bridgehead atoms. The van der Waals surface area contributed by atoms with Crippen molar-refractivity contribution in [2.24, 2.45) is 0 Å². The molecule has 0 fully saturated rings. The molecule has 0 amide bonds. The van der Waals surface area contributed by atoms with Gasteiger partial charge >= 0.3 is 0 Å². The molecule has 5 rings (SSSR count). The fraction of sp³-hybridized carbons (Fsp3) is 0.160. The van der Waals surface area contributed by atoms with Gasteiger partial charge in [0, 0.05) is 17.0 Å². The third-order valence-corrected chi connectivity index (χ3v) is 5.57. The number of aryl methyl sites for hydroxylation is 3. The van der Waals surface area contributed by atoms with Crippen molar-refractivity contribution in [2.75, 3.05) is 0 Å². The van der Waals surface area contributed by atoms with Gasteiger partial charge in [-0.2, -0.15) is 5.10 Å². The van der Waals surface area contributed by atoms with Crippen molar-refractivity contribution in [1.29, 1.82) is 0 Å². The summed E-state index contributed by atoms with van der Waals surface area (Å²) in [6.07, 6.45) is 0. The Kier molecular flexibility index (Phi) is 4.74. The molecule has 0 aliphatic rings. The Morgan fingerprint density at radius 2 is 1.78 bits per heavy atom. The van der Waals surface area contributed by atoms with Gasteiger partial charge in [-0.1, -0.05) is 24.3 Å². The van der Waals surface area contributed by atoms with Gasteiger partial charge in [-0.05, 0) is 56.7 Å². The van der Waals surface area contributed by atoms with E-state index in [1.165, 1.54) is 12.1 Å². The van der Waals surface area contributed by atoms with Gasteiger partial charge in [-0.3, -0.25) is 9.36 Å². The summed E-state index contributed by atoms with van der Waals surface area (Å²) in [5.74, 6) is 0.771. The van der Waals surface area contributed by atoms with E-state index in [2.05, 4.69) is 10.1 Å². The second-order valence-corrected chi connectivity index (χ2v) is 7.82. The van der Waals surface area contributed by atoms with Crippen LogP contribution in [0.5, 0.6) is 0 Å². The van der Waals surface area contributed by atoms with Crippen LogP contribution in [0.4, 0.5) is 4.39 Å². The van der Waals surface area contributed by atoms with Gasteiger partial charge in [-0.15, -0.1) is 0 Å². The van der Waals surface area contributed by atoms with E-state index < -0.39 is 0 Å². The lowest BCUT2D eigenvalue weighted by Gasteiger charge is -2.11. The molecule has 0 aliphatic carbocycles. The zero-order valence-corrected chi connectivity index (χ0v) is 18.0. The monoisotopic (exact) mass is 428 g/mol. The summed E-state index contributed by atoms with van der Waals surface area (Å²) in [5, 5.41) is 5.49. The van der Waals surface area contributed by atoms with Gasteiger partial charge < -0.3 is 4.42 Å². The minimum Gasteiger partial charge on any atom is -0.441 e. The smallest absolute Gasteiger partial charge is 0.252 e. The fourth-order valence-corrected chi connectivity index (χ4v) is 4.04.